The number of amides is 1. The molecule has 0 N–H and O–H groups in total. The van der Waals surface area contributed by atoms with E-state index in [0.717, 1.165) is 18.9 Å². The predicted octanol–water partition coefficient (Wildman–Crippen LogP) is 5.20. The Morgan fingerprint density at radius 3 is 2.59 bits per heavy atom. The Bertz CT molecular complexity index is 1250. The zero-order valence-corrected chi connectivity index (χ0v) is 19.6. The quantitative estimate of drug-likeness (QED) is 0.491. The average molecular weight is 472 g/mol. The number of likely N-dealkylation sites (tertiary alicyclic amines) is 1. The largest absolute Gasteiger partial charge is 0.465 e. The van der Waals surface area contributed by atoms with Crippen molar-refractivity contribution in [3.63, 3.8) is 0 Å². The maximum Gasteiger partial charge on any atom is 0.410 e. The van der Waals surface area contributed by atoms with Gasteiger partial charge in [-0.2, -0.15) is 5.10 Å². The summed E-state index contributed by atoms with van der Waals surface area (Å²) in [4.78, 5) is 26.1. The van der Waals surface area contributed by atoms with E-state index in [1.165, 1.54) is 30.1 Å². The summed E-state index contributed by atoms with van der Waals surface area (Å²) in [5.74, 6) is -1.89. The molecule has 180 valence electrons. The minimum absolute atomic E-state index is 0.00205. The van der Waals surface area contributed by atoms with Gasteiger partial charge in [0.1, 0.15) is 22.8 Å². The van der Waals surface area contributed by atoms with Crippen LogP contribution in [0, 0.1) is 11.6 Å². The van der Waals surface area contributed by atoms with Crippen LogP contribution in [0.3, 0.4) is 0 Å². The Hall–Kier alpha value is -3.49. The standard InChI is InChI=1S/C25H27F2N3O4/c1-25(2,3)34-24(32)29-9-5-6-15(13-29)19-8-7-18(12-21(19)27)30-14-16-10-17(26)11-20(22(16)28-30)23(31)33-4/h7-8,10-12,14-15H,5-6,9,13H2,1-4H3. The Morgan fingerprint density at radius 1 is 1.15 bits per heavy atom. The first-order valence-electron chi connectivity index (χ1n) is 11.1. The fourth-order valence-electron chi connectivity index (χ4n) is 4.21. The second kappa shape index (κ2) is 9.04. The number of nitrogens with zero attached hydrogens (tertiary/aromatic N) is 3. The number of halogens is 2. The number of hydrogen-bond acceptors (Lipinski definition) is 5. The van der Waals surface area contributed by atoms with Crippen LogP contribution in [0.25, 0.3) is 16.6 Å². The molecule has 1 unspecified atom stereocenters. The Balaban J connectivity index is 1.60. The monoisotopic (exact) mass is 471 g/mol. The van der Waals surface area contributed by atoms with Crippen LogP contribution in [0.5, 0.6) is 0 Å². The number of ether oxygens (including phenoxy) is 2. The number of carbonyl (C=O) groups excluding carboxylic acids is 2. The van der Waals surface area contributed by atoms with E-state index in [1.54, 1.807) is 17.0 Å². The third-order valence-corrected chi connectivity index (χ3v) is 5.74. The fourth-order valence-corrected chi connectivity index (χ4v) is 4.21. The Labute approximate surface area is 196 Å². The number of methoxy groups -OCH3 is 1. The Morgan fingerprint density at radius 2 is 1.91 bits per heavy atom. The van der Waals surface area contributed by atoms with Crippen LogP contribution in [0.1, 0.15) is 55.5 Å². The molecule has 1 fully saturated rings. The normalized spacial score (nSPS) is 16.5. The lowest BCUT2D eigenvalue weighted by atomic mass is 9.90. The average Bonchev–Trinajstić information content (AvgIpc) is 3.20. The number of carbonyl (C=O) groups is 2. The highest BCUT2D eigenvalue weighted by Gasteiger charge is 2.29. The minimum Gasteiger partial charge on any atom is -0.465 e. The molecule has 3 aromatic rings. The summed E-state index contributed by atoms with van der Waals surface area (Å²) in [6.07, 6.45) is 2.64. The van der Waals surface area contributed by atoms with Crippen molar-refractivity contribution in [2.24, 2.45) is 0 Å². The molecule has 1 atom stereocenters. The van der Waals surface area contributed by atoms with Crippen LogP contribution >= 0.6 is 0 Å². The highest BCUT2D eigenvalue weighted by molar-refractivity contribution is 6.02. The van der Waals surface area contributed by atoms with Crippen molar-refractivity contribution in [1.29, 1.82) is 0 Å². The van der Waals surface area contributed by atoms with Gasteiger partial charge in [-0.25, -0.2) is 23.1 Å². The first-order chi connectivity index (χ1) is 16.1. The van der Waals surface area contributed by atoms with E-state index in [2.05, 4.69) is 5.10 Å². The zero-order chi connectivity index (χ0) is 24.6. The molecule has 1 aliphatic heterocycles. The predicted molar refractivity (Wildman–Crippen MR) is 122 cm³/mol. The van der Waals surface area contributed by atoms with Crippen LogP contribution in [0.2, 0.25) is 0 Å². The highest BCUT2D eigenvalue weighted by atomic mass is 19.1. The van der Waals surface area contributed by atoms with Gasteiger partial charge in [0.25, 0.3) is 0 Å². The van der Waals surface area contributed by atoms with Crippen LogP contribution in [-0.2, 0) is 9.47 Å². The molecule has 4 rings (SSSR count). The summed E-state index contributed by atoms with van der Waals surface area (Å²) in [5, 5.41) is 4.75. The SMILES string of the molecule is COC(=O)c1cc(F)cc2cn(-c3ccc(C4CCCN(C(=O)OC(C)(C)C)C4)c(F)c3)nc12. The van der Waals surface area contributed by atoms with Crippen molar-refractivity contribution in [1.82, 2.24) is 14.7 Å². The molecular weight excluding hydrogens is 444 g/mol. The van der Waals surface area contributed by atoms with Crippen molar-refractivity contribution < 1.29 is 27.8 Å². The van der Waals surface area contributed by atoms with Gasteiger partial charge in [0.2, 0.25) is 0 Å². The van der Waals surface area contributed by atoms with Gasteiger partial charge in [-0.1, -0.05) is 6.07 Å². The van der Waals surface area contributed by atoms with E-state index in [1.807, 2.05) is 20.8 Å². The molecule has 1 amide bonds. The number of hydrogen-bond donors (Lipinski definition) is 0. The van der Waals surface area contributed by atoms with Gasteiger partial charge in [-0.05, 0) is 63.4 Å². The van der Waals surface area contributed by atoms with Gasteiger partial charge in [0.15, 0.2) is 0 Å². The zero-order valence-electron chi connectivity index (χ0n) is 19.6. The number of fused-ring (bicyclic) bond motifs is 1. The minimum atomic E-state index is -0.705. The summed E-state index contributed by atoms with van der Waals surface area (Å²) in [6, 6.07) is 7.06. The summed E-state index contributed by atoms with van der Waals surface area (Å²) in [6.45, 7) is 6.38. The van der Waals surface area contributed by atoms with Gasteiger partial charge >= 0.3 is 12.1 Å². The smallest absolute Gasteiger partial charge is 0.410 e. The lowest BCUT2D eigenvalue weighted by Gasteiger charge is -2.34. The molecule has 1 saturated heterocycles. The maximum absolute atomic E-state index is 15.2. The lowest BCUT2D eigenvalue weighted by molar-refractivity contribution is 0.0197. The van der Waals surface area contributed by atoms with Gasteiger partial charge in [-0.3, -0.25) is 0 Å². The summed E-state index contributed by atoms with van der Waals surface area (Å²) in [5.41, 5.74) is 0.597. The van der Waals surface area contributed by atoms with Crippen molar-refractivity contribution in [2.45, 2.75) is 45.1 Å². The van der Waals surface area contributed by atoms with E-state index in [-0.39, 0.29) is 17.0 Å². The molecule has 7 nitrogen and oxygen atoms in total. The molecule has 9 heteroatoms. The molecule has 0 radical (unpaired) electrons. The molecular formula is C25H27F2N3O4. The summed E-state index contributed by atoms with van der Waals surface area (Å²) < 4.78 is 40.7. The number of aromatic nitrogens is 2. The van der Waals surface area contributed by atoms with Crippen molar-refractivity contribution in [3.8, 4) is 5.69 Å². The molecule has 1 aromatic heterocycles. The fraction of sp³-hybridized carbons (Fsp3) is 0.400. The Kier molecular flexibility index (Phi) is 6.29. The van der Waals surface area contributed by atoms with Gasteiger partial charge < -0.3 is 14.4 Å². The van der Waals surface area contributed by atoms with Crippen molar-refractivity contribution >= 4 is 23.0 Å². The van der Waals surface area contributed by atoms with Gasteiger partial charge in [0.05, 0.1) is 18.4 Å². The van der Waals surface area contributed by atoms with Crippen molar-refractivity contribution in [2.75, 3.05) is 20.2 Å². The maximum atomic E-state index is 15.2. The van der Waals surface area contributed by atoms with Crippen LogP contribution < -0.4 is 0 Å². The van der Waals surface area contributed by atoms with E-state index in [9.17, 15) is 14.0 Å². The van der Waals surface area contributed by atoms with E-state index >= 15 is 4.39 Å². The second-order valence-electron chi connectivity index (χ2n) is 9.43. The number of piperidine rings is 1. The molecule has 2 aromatic carbocycles. The topological polar surface area (TPSA) is 73.7 Å². The molecule has 0 aliphatic carbocycles. The molecule has 0 spiro atoms. The molecule has 2 heterocycles. The molecule has 0 bridgehead atoms. The number of esters is 1. The third kappa shape index (κ3) is 4.88. The first-order valence-corrected chi connectivity index (χ1v) is 11.1. The van der Waals surface area contributed by atoms with Gasteiger partial charge in [-0.15, -0.1) is 0 Å². The molecule has 0 saturated carbocycles. The van der Waals surface area contributed by atoms with E-state index in [0.29, 0.717) is 29.7 Å². The van der Waals surface area contributed by atoms with E-state index < -0.39 is 29.3 Å². The molecule has 1 aliphatic rings. The van der Waals surface area contributed by atoms with Gasteiger partial charge in [0, 0.05) is 30.6 Å². The summed E-state index contributed by atoms with van der Waals surface area (Å²) >= 11 is 0. The van der Waals surface area contributed by atoms with Crippen LogP contribution in [0.15, 0.2) is 36.5 Å². The highest BCUT2D eigenvalue weighted by Crippen LogP contribution is 2.31. The molecule has 34 heavy (non-hydrogen) atoms. The van der Waals surface area contributed by atoms with Crippen LogP contribution in [0.4, 0.5) is 13.6 Å². The number of rotatable bonds is 3. The van der Waals surface area contributed by atoms with Crippen molar-refractivity contribution in [3.05, 3.63) is 59.3 Å². The lowest BCUT2D eigenvalue weighted by Crippen LogP contribution is -2.42. The second-order valence-corrected chi connectivity index (χ2v) is 9.43. The van der Waals surface area contributed by atoms with Crippen LogP contribution in [-0.4, -0.2) is 52.5 Å². The van der Waals surface area contributed by atoms with E-state index in [4.69, 9.17) is 9.47 Å². The third-order valence-electron chi connectivity index (χ3n) is 5.74. The first kappa shape index (κ1) is 23.7. The number of benzene rings is 2. The summed E-state index contributed by atoms with van der Waals surface area (Å²) in [7, 11) is 1.21.